The van der Waals surface area contributed by atoms with Gasteiger partial charge < -0.3 is 20.3 Å². The van der Waals surface area contributed by atoms with Crippen molar-refractivity contribution in [1.29, 1.82) is 0 Å². The predicted octanol–water partition coefficient (Wildman–Crippen LogP) is 5.73. The van der Waals surface area contributed by atoms with Gasteiger partial charge >= 0.3 is 6.09 Å². The summed E-state index contributed by atoms with van der Waals surface area (Å²) in [7, 11) is 0. The number of unbranched alkanes of at least 4 members (excludes halogenated alkanes) is 5. The quantitative estimate of drug-likeness (QED) is 0.276. The Bertz CT molecular complexity index is 937. The molecule has 0 saturated heterocycles. The van der Waals surface area contributed by atoms with Gasteiger partial charge in [-0.15, -0.1) is 6.42 Å². The molecule has 7 heteroatoms. The summed E-state index contributed by atoms with van der Waals surface area (Å²) in [5, 5.41) is 5.65. The van der Waals surface area contributed by atoms with E-state index in [9.17, 15) is 14.4 Å². The minimum atomic E-state index is -0.947. The maximum atomic E-state index is 13.8. The molecule has 3 amide bonds. The van der Waals surface area contributed by atoms with Crippen molar-refractivity contribution in [2.24, 2.45) is 0 Å². The number of terminal acetylenes is 1. The molecule has 2 atom stereocenters. The molecule has 206 valence electrons. The standard InChI is InChI=1S/C30H47N3O4/c1-10-12-13-14-15-18-21-33(27(35)22(3)31-28(36)37-30(7,8)9)25(26(34)32-29(4,5)6)24-20-17-16-19-23(24)11-2/h2,16-17,19-20,22,25H,10,12-15,18,21H2,1,3-9H3,(H,31,36)(H,32,34). The van der Waals surface area contributed by atoms with E-state index < -0.39 is 29.3 Å². The lowest BCUT2D eigenvalue weighted by Crippen LogP contribution is -2.54. The normalized spacial score (nSPS) is 13.2. The number of hydrogen-bond donors (Lipinski definition) is 2. The first kappa shape index (κ1) is 32.0. The highest BCUT2D eigenvalue weighted by Gasteiger charge is 2.36. The zero-order valence-corrected chi connectivity index (χ0v) is 24.1. The number of hydrogen-bond acceptors (Lipinski definition) is 4. The number of ether oxygens (including phenoxy) is 1. The maximum Gasteiger partial charge on any atom is 0.408 e. The first-order valence-corrected chi connectivity index (χ1v) is 13.4. The topological polar surface area (TPSA) is 87.7 Å². The Morgan fingerprint density at radius 1 is 1.00 bits per heavy atom. The second kappa shape index (κ2) is 14.7. The lowest BCUT2D eigenvalue weighted by atomic mass is 9.96. The van der Waals surface area contributed by atoms with E-state index >= 15 is 0 Å². The number of carbonyl (C=O) groups excluding carboxylic acids is 3. The Hall–Kier alpha value is -3.01. The molecule has 1 rings (SSSR count). The summed E-state index contributed by atoms with van der Waals surface area (Å²) in [5.74, 6) is 1.96. The molecule has 0 saturated carbocycles. The Morgan fingerprint density at radius 2 is 1.59 bits per heavy atom. The van der Waals surface area contributed by atoms with E-state index in [2.05, 4.69) is 23.5 Å². The van der Waals surface area contributed by atoms with E-state index in [1.165, 1.54) is 6.42 Å². The number of amides is 3. The second-order valence-corrected chi connectivity index (χ2v) is 11.5. The molecule has 2 unspecified atom stereocenters. The van der Waals surface area contributed by atoms with Crippen molar-refractivity contribution < 1.29 is 19.1 Å². The van der Waals surface area contributed by atoms with Gasteiger partial charge in [-0.05, 0) is 66.5 Å². The van der Waals surface area contributed by atoms with Crippen LogP contribution in [-0.4, -0.2) is 46.5 Å². The average molecular weight is 514 g/mol. The molecule has 0 bridgehead atoms. The largest absolute Gasteiger partial charge is 0.444 e. The second-order valence-electron chi connectivity index (χ2n) is 11.5. The van der Waals surface area contributed by atoms with E-state index in [-0.39, 0.29) is 11.8 Å². The number of alkyl carbamates (subject to hydrolysis) is 1. The van der Waals surface area contributed by atoms with Gasteiger partial charge in [0.1, 0.15) is 17.7 Å². The van der Waals surface area contributed by atoms with E-state index in [1.807, 2.05) is 32.9 Å². The molecule has 2 N–H and O–H groups in total. The van der Waals surface area contributed by atoms with Gasteiger partial charge in [0, 0.05) is 17.6 Å². The molecule has 37 heavy (non-hydrogen) atoms. The third kappa shape index (κ3) is 11.7. The van der Waals surface area contributed by atoms with E-state index in [0.29, 0.717) is 17.7 Å². The van der Waals surface area contributed by atoms with Crippen molar-refractivity contribution in [1.82, 2.24) is 15.5 Å². The molecule has 7 nitrogen and oxygen atoms in total. The third-order valence-corrected chi connectivity index (χ3v) is 5.61. The third-order valence-electron chi connectivity index (χ3n) is 5.61. The number of carbonyl (C=O) groups is 3. The summed E-state index contributed by atoms with van der Waals surface area (Å²) in [5.41, 5.74) is -0.0951. The minimum absolute atomic E-state index is 0.320. The van der Waals surface area contributed by atoms with Gasteiger partial charge in [0.15, 0.2) is 0 Å². The molecule has 0 aliphatic carbocycles. The molecule has 0 heterocycles. The van der Waals surface area contributed by atoms with Crippen LogP contribution in [0.15, 0.2) is 24.3 Å². The Kier molecular flexibility index (Phi) is 12.7. The summed E-state index contributed by atoms with van der Waals surface area (Å²) in [4.78, 5) is 41.5. The average Bonchev–Trinajstić information content (AvgIpc) is 2.77. The SMILES string of the molecule is C#Cc1ccccc1C(C(=O)NC(C)(C)C)N(CCCCCCCC)C(=O)C(C)NC(=O)OC(C)(C)C. The summed E-state index contributed by atoms with van der Waals surface area (Å²) in [6.45, 7) is 15.1. The number of nitrogens with zero attached hydrogens (tertiary/aromatic N) is 1. The van der Waals surface area contributed by atoms with Gasteiger partial charge in [-0.3, -0.25) is 9.59 Å². The summed E-state index contributed by atoms with van der Waals surface area (Å²) in [6, 6.07) is 5.32. The van der Waals surface area contributed by atoms with Gasteiger partial charge in [0.05, 0.1) is 0 Å². The summed E-state index contributed by atoms with van der Waals surface area (Å²) < 4.78 is 5.34. The van der Waals surface area contributed by atoms with Crippen LogP contribution >= 0.6 is 0 Å². The molecule has 0 aliphatic rings. The van der Waals surface area contributed by atoms with Crippen LogP contribution in [0.1, 0.15) is 111 Å². The van der Waals surface area contributed by atoms with Crippen LogP contribution in [0.25, 0.3) is 0 Å². The Balaban J connectivity index is 3.38. The van der Waals surface area contributed by atoms with Crippen LogP contribution in [0.5, 0.6) is 0 Å². The molecular formula is C30H47N3O4. The van der Waals surface area contributed by atoms with Crippen molar-refractivity contribution >= 4 is 17.9 Å². The Labute approximate surface area is 224 Å². The highest BCUT2D eigenvalue weighted by atomic mass is 16.6. The minimum Gasteiger partial charge on any atom is -0.444 e. The molecule has 0 fully saturated rings. The van der Waals surface area contributed by atoms with Crippen LogP contribution in [0, 0.1) is 12.3 Å². The van der Waals surface area contributed by atoms with Crippen molar-refractivity contribution in [3.8, 4) is 12.3 Å². The van der Waals surface area contributed by atoms with Gasteiger partial charge in [0.2, 0.25) is 11.8 Å². The van der Waals surface area contributed by atoms with Crippen LogP contribution in [0.2, 0.25) is 0 Å². The number of rotatable bonds is 12. The van der Waals surface area contributed by atoms with Crippen molar-refractivity contribution in [3.05, 3.63) is 35.4 Å². The van der Waals surface area contributed by atoms with Crippen molar-refractivity contribution in [3.63, 3.8) is 0 Å². The van der Waals surface area contributed by atoms with Crippen molar-refractivity contribution in [2.45, 2.75) is 117 Å². The molecule has 1 aromatic carbocycles. The fourth-order valence-corrected chi connectivity index (χ4v) is 3.98. The number of benzene rings is 1. The maximum absolute atomic E-state index is 13.8. The van der Waals surface area contributed by atoms with Gasteiger partial charge in [0.25, 0.3) is 0 Å². The van der Waals surface area contributed by atoms with Gasteiger partial charge in [-0.25, -0.2) is 4.79 Å². The molecular weight excluding hydrogens is 466 g/mol. The van der Waals surface area contributed by atoms with Crippen molar-refractivity contribution in [2.75, 3.05) is 6.54 Å². The molecule has 0 aliphatic heterocycles. The van der Waals surface area contributed by atoms with Crippen LogP contribution in [-0.2, 0) is 14.3 Å². The van der Waals surface area contributed by atoms with Gasteiger partial charge in [-0.1, -0.05) is 63.1 Å². The van der Waals surface area contributed by atoms with Crippen LogP contribution < -0.4 is 10.6 Å². The monoisotopic (exact) mass is 513 g/mol. The summed E-state index contributed by atoms with van der Waals surface area (Å²) in [6.07, 6.45) is 11.3. The molecule has 0 radical (unpaired) electrons. The first-order valence-electron chi connectivity index (χ1n) is 13.4. The molecule has 1 aromatic rings. The van der Waals surface area contributed by atoms with Crippen LogP contribution in [0.3, 0.4) is 0 Å². The highest BCUT2D eigenvalue weighted by molar-refractivity contribution is 5.92. The Morgan fingerprint density at radius 3 is 2.16 bits per heavy atom. The van der Waals surface area contributed by atoms with E-state index in [4.69, 9.17) is 11.2 Å². The first-order chi connectivity index (χ1) is 17.2. The lowest BCUT2D eigenvalue weighted by Gasteiger charge is -2.36. The van der Waals surface area contributed by atoms with E-state index in [0.717, 1.165) is 32.1 Å². The predicted molar refractivity (Wildman–Crippen MR) is 149 cm³/mol. The zero-order chi connectivity index (χ0) is 28.2. The van der Waals surface area contributed by atoms with Gasteiger partial charge in [-0.2, -0.15) is 0 Å². The van der Waals surface area contributed by atoms with E-state index in [1.54, 1.807) is 44.7 Å². The summed E-state index contributed by atoms with van der Waals surface area (Å²) >= 11 is 0. The highest BCUT2D eigenvalue weighted by Crippen LogP contribution is 2.27. The number of nitrogens with one attached hydrogen (secondary N) is 2. The smallest absolute Gasteiger partial charge is 0.408 e. The fraction of sp³-hybridized carbons (Fsp3) is 0.633. The lowest BCUT2D eigenvalue weighted by molar-refractivity contribution is -0.142. The van der Waals surface area contributed by atoms with Crippen LogP contribution in [0.4, 0.5) is 4.79 Å². The fourth-order valence-electron chi connectivity index (χ4n) is 3.98. The molecule has 0 aromatic heterocycles. The zero-order valence-electron chi connectivity index (χ0n) is 24.1. The molecule has 0 spiro atoms.